The van der Waals surface area contributed by atoms with Gasteiger partial charge >= 0.3 is 0 Å². The molecule has 0 saturated carbocycles. The van der Waals surface area contributed by atoms with E-state index in [1.165, 1.54) is 6.42 Å². The summed E-state index contributed by atoms with van der Waals surface area (Å²) in [5.74, 6) is 0.809. The Labute approximate surface area is 100 Å². The number of thiophene rings is 1. The van der Waals surface area contributed by atoms with E-state index in [9.17, 15) is 4.79 Å². The Kier molecular flexibility index (Phi) is 3.96. The van der Waals surface area contributed by atoms with Crippen molar-refractivity contribution >= 4 is 17.2 Å². The highest BCUT2D eigenvalue weighted by molar-refractivity contribution is 7.08. The Morgan fingerprint density at radius 1 is 1.69 bits per heavy atom. The van der Waals surface area contributed by atoms with E-state index in [0.29, 0.717) is 5.92 Å². The molecule has 3 nitrogen and oxygen atoms in total. The van der Waals surface area contributed by atoms with Crippen molar-refractivity contribution in [3.05, 3.63) is 22.4 Å². The number of likely N-dealkylation sites (tertiary alicyclic amines) is 1. The van der Waals surface area contributed by atoms with Crippen LogP contribution in [0.4, 0.5) is 0 Å². The summed E-state index contributed by atoms with van der Waals surface area (Å²) in [5, 5.41) is 7.09. The van der Waals surface area contributed by atoms with Crippen LogP contribution in [0.5, 0.6) is 0 Å². The minimum absolute atomic E-state index is 0.196. The summed E-state index contributed by atoms with van der Waals surface area (Å²) in [6, 6.07) is 1.91. The molecule has 0 bridgehead atoms. The lowest BCUT2D eigenvalue weighted by atomic mass is 9.97. The predicted octanol–water partition coefficient (Wildman–Crippen LogP) is 1.82. The monoisotopic (exact) mass is 238 g/mol. The molecule has 1 aliphatic heterocycles. The number of nitrogens with one attached hydrogen (secondary N) is 1. The molecule has 0 radical (unpaired) electrons. The molecular formula is C12H18N2OS. The normalized spacial score (nSPS) is 21.1. The molecule has 2 heterocycles. The van der Waals surface area contributed by atoms with Crippen molar-refractivity contribution in [1.82, 2.24) is 10.2 Å². The third kappa shape index (κ3) is 2.62. The van der Waals surface area contributed by atoms with Crippen LogP contribution in [-0.4, -0.2) is 37.5 Å². The van der Waals surface area contributed by atoms with E-state index in [4.69, 9.17) is 0 Å². The van der Waals surface area contributed by atoms with Crippen LogP contribution in [0.3, 0.4) is 0 Å². The smallest absolute Gasteiger partial charge is 0.254 e. The Bertz CT molecular complexity index is 335. The van der Waals surface area contributed by atoms with Crippen LogP contribution >= 0.6 is 11.3 Å². The molecule has 1 N–H and O–H groups in total. The number of hydrogen-bond donors (Lipinski definition) is 1. The highest BCUT2D eigenvalue weighted by atomic mass is 32.1. The molecular weight excluding hydrogens is 220 g/mol. The second kappa shape index (κ2) is 5.46. The summed E-state index contributed by atoms with van der Waals surface area (Å²) in [7, 11) is 1.97. The summed E-state index contributed by atoms with van der Waals surface area (Å²) in [6.07, 6.45) is 2.36. The summed E-state index contributed by atoms with van der Waals surface area (Å²) in [6.45, 7) is 2.82. The second-order valence-corrected chi connectivity index (χ2v) is 5.11. The number of carbonyl (C=O) groups is 1. The molecule has 1 aliphatic rings. The number of rotatable bonds is 3. The zero-order valence-corrected chi connectivity index (χ0v) is 10.4. The molecule has 1 amide bonds. The first-order chi connectivity index (χ1) is 7.81. The van der Waals surface area contributed by atoms with Gasteiger partial charge in [0.2, 0.25) is 0 Å². The molecule has 0 aliphatic carbocycles. The number of nitrogens with zero attached hydrogens (tertiary/aromatic N) is 1. The zero-order chi connectivity index (χ0) is 11.4. The highest BCUT2D eigenvalue weighted by Gasteiger charge is 2.23. The van der Waals surface area contributed by atoms with Gasteiger partial charge in [0, 0.05) is 18.5 Å². The predicted molar refractivity (Wildman–Crippen MR) is 66.9 cm³/mol. The molecule has 4 heteroatoms. The van der Waals surface area contributed by atoms with Crippen LogP contribution in [-0.2, 0) is 0 Å². The fraction of sp³-hybridized carbons (Fsp3) is 0.583. The van der Waals surface area contributed by atoms with E-state index in [0.717, 1.165) is 31.6 Å². The molecule has 1 fully saturated rings. The number of amides is 1. The summed E-state index contributed by atoms with van der Waals surface area (Å²) < 4.78 is 0. The Morgan fingerprint density at radius 2 is 2.56 bits per heavy atom. The third-order valence-corrected chi connectivity index (χ3v) is 3.75. The summed E-state index contributed by atoms with van der Waals surface area (Å²) in [5.41, 5.74) is 0.843. The maximum atomic E-state index is 12.1. The minimum atomic E-state index is 0.196. The van der Waals surface area contributed by atoms with Crippen molar-refractivity contribution in [3.63, 3.8) is 0 Å². The van der Waals surface area contributed by atoms with E-state index in [1.54, 1.807) is 11.3 Å². The van der Waals surface area contributed by atoms with Gasteiger partial charge in [0.15, 0.2) is 0 Å². The maximum Gasteiger partial charge on any atom is 0.254 e. The number of piperidine rings is 1. The van der Waals surface area contributed by atoms with Gasteiger partial charge < -0.3 is 10.2 Å². The van der Waals surface area contributed by atoms with Crippen molar-refractivity contribution in [2.75, 3.05) is 26.7 Å². The topological polar surface area (TPSA) is 32.3 Å². The van der Waals surface area contributed by atoms with Crippen LogP contribution in [0.1, 0.15) is 23.2 Å². The van der Waals surface area contributed by atoms with Crippen LogP contribution in [0.2, 0.25) is 0 Å². The second-order valence-electron chi connectivity index (χ2n) is 4.33. The minimum Gasteiger partial charge on any atom is -0.338 e. The van der Waals surface area contributed by atoms with E-state index in [2.05, 4.69) is 5.32 Å². The lowest BCUT2D eigenvalue weighted by Crippen LogP contribution is -2.42. The molecule has 1 saturated heterocycles. The zero-order valence-electron chi connectivity index (χ0n) is 9.61. The third-order valence-electron chi connectivity index (χ3n) is 3.07. The van der Waals surface area contributed by atoms with Crippen molar-refractivity contribution in [2.45, 2.75) is 12.8 Å². The van der Waals surface area contributed by atoms with Crippen molar-refractivity contribution in [3.8, 4) is 0 Å². The van der Waals surface area contributed by atoms with Crippen LogP contribution in [0.25, 0.3) is 0 Å². The molecule has 1 aromatic rings. The fourth-order valence-corrected chi connectivity index (χ4v) is 2.90. The quantitative estimate of drug-likeness (QED) is 0.871. The summed E-state index contributed by atoms with van der Waals surface area (Å²) >= 11 is 1.58. The lowest BCUT2D eigenvalue weighted by molar-refractivity contribution is 0.0675. The highest BCUT2D eigenvalue weighted by Crippen LogP contribution is 2.18. The van der Waals surface area contributed by atoms with Crippen LogP contribution in [0.15, 0.2) is 16.8 Å². The molecule has 1 aromatic heterocycles. The lowest BCUT2D eigenvalue weighted by Gasteiger charge is -2.32. The van der Waals surface area contributed by atoms with Crippen molar-refractivity contribution < 1.29 is 4.79 Å². The largest absolute Gasteiger partial charge is 0.338 e. The molecule has 1 atom stereocenters. The van der Waals surface area contributed by atoms with Gasteiger partial charge in [-0.3, -0.25) is 4.79 Å². The first kappa shape index (κ1) is 11.6. The van der Waals surface area contributed by atoms with Gasteiger partial charge in [-0.15, -0.1) is 0 Å². The molecule has 16 heavy (non-hydrogen) atoms. The van der Waals surface area contributed by atoms with E-state index >= 15 is 0 Å². The Balaban J connectivity index is 1.96. The first-order valence-electron chi connectivity index (χ1n) is 5.77. The Hall–Kier alpha value is -0.870. The van der Waals surface area contributed by atoms with Crippen LogP contribution < -0.4 is 5.32 Å². The van der Waals surface area contributed by atoms with Gasteiger partial charge in [-0.2, -0.15) is 11.3 Å². The van der Waals surface area contributed by atoms with E-state index < -0.39 is 0 Å². The molecule has 0 aromatic carbocycles. The van der Waals surface area contributed by atoms with Crippen molar-refractivity contribution in [1.29, 1.82) is 0 Å². The standard InChI is InChI=1S/C12H18N2OS/c1-13-7-10-3-2-5-14(8-10)12(15)11-4-6-16-9-11/h4,6,9-10,13H,2-3,5,7-8H2,1H3. The van der Waals surface area contributed by atoms with E-state index in [1.807, 2.05) is 28.8 Å². The van der Waals surface area contributed by atoms with Gasteiger partial charge in [0.1, 0.15) is 0 Å². The van der Waals surface area contributed by atoms with Crippen molar-refractivity contribution in [2.24, 2.45) is 5.92 Å². The number of carbonyl (C=O) groups excluding carboxylic acids is 1. The number of hydrogen-bond acceptors (Lipinski definition) is 3. The maximum absolute atomic E-state index is 12.1. The first-order valence-corrected chi connectivity index (χ1v) is 6.71. The molecule has 1 unspecified atom stereocenters. The molecule has 2 rings (SSSR count). The van der Waals surface area contributed by atoms with Gasteiger partial charge in [0.05, 0.1) is 5.56 Å². The van der Waals surface area contributed by atoms with Gasteiger partial charge in [-0.1, -0.05) is 0 Å². The molecule has 88 valence electrons. The SMILES string of the molecule is CNCC1CCCN(C(=O)c2ccsc2)C1. The average molecular weight is 238 g/mol. The summed E-state index contributed by atoms with van der Waals surface area (Å²) in [4.78, 5) is 14.1. The van der Waals surface area contributed by atoms with Gasteiger partial charge in [-0.05, 0) is 43.8 Å². The molecule has 0 spiro atoms. The fourth-order valence-electron chi connectivity index (χ4n) is 2.27. The average Bonchev–Trinajstić information content (AvgIpc) is 2.82. The van der Waals surface area contributed by atoms with E-state index in [-0.39, 0.29) is 5.91 Å². The Morgan fingerprint density at radius 3 is 3.25 bits per heavy atom. The van der Waals surface area contributed by atoms with Crippen LogP contribution in [0, 0.1) is 5.92 Å². The van der Waals surface area contributed by atoms with Gasteiger partial charge in [-0.25, -0.2) is 0 Å². The van der Waals surface area contributed by atoms with Gasteiger partial charge in [0.25, 0.3) is 5.91 Å².